The number of likely N-dealkylation sites (tertiary alicyclic amines) is 1. The summed E-state index contributed by atoms with van der Waals surface area (Å²) in [5.74, 6) is -2.39. The third-order valence-corrected chi connectivity index (χ3v) is 9.90. The van der Waals surface area contributed by atoms with Gasteiger partial charge in [0.2, 0.25) is 0 Å². The number of benzene rings is 2. The number of amides is 1. The number of rotatable bonds is 4. The molecule has 5 aliphatic rings. The minimum Gasteiger partial charge on any atom is -0.504 e. The molecule has 2 heterocycles. The van der Waals surface area contributed by atoms with Crippen LogP contribution in [0.3, 0.4) is 0 Å². The van der Waals surface area contributed by atoms with Crippen LogP contribution in [0.25, 0.3) is 0 Å². The monoisotopic (exact) mass is 614 g/mol. The molecule has 5 atom stereocenters. The normalized spacial score (nSPS) is 31.2. The Morgan fingerprint density at radius 2 is 1.73 bits per heavy atom. The molecule has 10 nitrogen and oxygen atoms in total. The molecule has 1 amide bonds. The maximum absolute atomic E-state index is 13.1. The van der Waals surface area contributed by atoms with Crippen LogP contribution in [0.4, 0.5) is 0 Å². The van der Waals surface area contributed by atoms with Crippen molar-refractivity contribution < 1.29 is 39.5 Å². The number of nitrogens with zero attached hydrogens (tertiary/aromatic N) is 1. The van der Waals surface area contributed by atoms with Crippen LogP contribution in [0.1, 0.15) is 53.6 Å². The summed E-state index contributed by atoms with van der Waals surface area (Å²) in [6.07, 6.45) is 4.97. The predicted molar refractivity (Wildman–Crippen MR) is 145 cm³/mol. The number of carboxylic acid groups (broad SMARTS) is 2. The fourth-order valence-electron chi connectivity index (χ4n) is 7.48. The van der Waals surface area contributed by atoms with E-state index in [1.165, 1.54) is 18.4 Å². The molecular weight excluding hydrogens is 584 g/mol. The highest BCUT2D eigenvalue weighted by Gasteiger charge is 2.73. The van der Waals surface area contributed by atoms with Crippen LogP contribution < -0.4 is 10.1 Å². The fourth-order valence-corrected chi connectivity index (χ4v) is 7.75. The molecule has 1 spiro atoms. The van der Waals surface area contributed by atoms with Gasteiger partial charge in [-0.05, 0) is 86.9 Å². The van der Waals surface area contributed by atoms with E-state index < -0.39 is 29.1 Å². The molecule has 0 aromatic heterocycles. The fraction of sp³-hybridized carbons (Fsp3) is 0.483. The number of aromatic hydroxyl groups is 1. The van der Waals surface area contributed by atoms with E-state index in [1.807, 2.05) is 18.2 Å². The Kier molecular flexibility index (Phi) is 6.59. The van der Waals surface area contributed by atoms with Gasteiger partial charge in [0.05, 0.1) is 17.1 Å². The van der Waals surface area contributed by atoms with Crippen LogP contribution in [-0.2, 0) is 21.4 Å². The molecule has 3 fully saturated rings. The lowest BCUT2D eigenvalue weighted by atomic mass is 9.48. The van der Waals surface area contributed by atoms with Crippen molar-refractivity contribution in [2.75, 3.05) is 13.1 Å². The van der Waals surface area contributed by atoms with Crippen LogP contribution in [0.2, 0.25) is 0 Å². The van der Waals surface area contributed by atoms with Crippen LogP contribution in [0, 0.1) is 5.92 Å². The minimum atomic E-state index is -1.82. The van der Waals surface area contributed by atoms with Crippen molar-refractivity contribution in [1.29, 1.82) is 0 Å². The largest absolute Gasteiger partial charge is 0.504 e. The maximum atomic E-state index is 13.1. The predicted octanol–water partition coefficient (Wildman–Crippen LogP) is 2.67. The first kappa shape index (κ1) is 27.0. The summed E-state index contributed by atoms with van der Waals surface area (Å²) in [6.45, 7) is 1.96. The van der Waals surface area contributed by atoms with Crippen molar-refractivity contribution in [1.82, 2.24) is 10.2 Å². The third kappa shape index (κ3) is 4.17. The Morgan fingerprint density at radius 3 is 2.38 bits per heavy atom. The molecule has 2 bridgehead atoms. The first-order valence-electron chi connectivity index (χ1n) is 13.6. The van der Waals surface area contributed by atoms with E-state index >= 15 is 0 Å². The minimum absolute atomic E-state index is 0.0408. The molecule has 212 valence electrons. The SMILES string of the molecule is O=C(NC1CCC2(O)C3Cc4ccc(O)c5c4C2(CCN3CC2CC2)C1O5)c1ccc(Br)cc1.O=C(O)C(=O)O. The van der Waals surface area contributed by atoms with Crippen molar-refractivity contribution in [3.8, 4) is 11.5 Å². The number of nitrogens with one attached hydrogen (secondary N) is 1. The molecule has 2 aliphatic heterocycles. The number of hydrogen-bond donors (Lipinski definition) is 5. The number of piperidine rings is 1. The van der Waals surface area contributed by atoms with Gasteiger partial charge in [-0.3, -0.25) is 9.69 Å². The average Bonchev–Trinajstić information content (AvgIpc) is 3.66. The second kappa shape index (κ2) is 9.74. The van der Waals surface area contributed by atoms with Crippen LogP contribution >= 0.6 is 15.9 Å². The van der Waals surface area contributed by atoms with Gasteiger partial charge in [0.1, 0.15) is 6.10 Å². The van der Waals surface area contributed by atoms with Gasteiger partial charge in [0.25, 0.3) is 5.91 Å². The van der Waals surface area contributed by atoms with Gasteiger partial charge in [0, 0.05) is 28.2 Å². The van der Waals surface area contributed by atoms with Crippen molar-refractivity contribution in [2.45, 2.75) is 67.7 Å². The zero-order valence-electron chi connectivity index (χ0n) is 21.7. The average molecular weight is 615 g/mol. The molecule has 2 aromatic rings. The van der Waals surface area contributed by atoms with Gasteiger partial charge < -0.3 is 30.5 Å². The lowest BCUT2D eigenvalue weighted by Gasteiger charge is -2.64. The number of halogens is 1. The number of aliphatic carboxylic acids is 2. The highest BCUT2D eigenvalue weighted by atomic mass is 79.9. The zero-order valence-corrected chi connectivity index (χ0v) is 23.3. The first-order chi connectivity index (χ1) is 19.0. The van der Waals surface area contributed by atoms with Gasteiger partial charge in [-0.15, -0.1) is 0 Å². The number of carboxylic acids is 2. The number of carbonyl (C=O) groups is 3. The molecular formula is C29H31BrN2O8. The summed E-state index contributed by atoms with van der Waals surface area (Å²) in [5, 5.41) is 41.2. The zero-order chi connectivity index (χ0) is 28.4. The van der Waals surface area contributed by atoms with Crippen LogP contribution in [0.5, 0.6) is 11.5 Å². The Labute approximate surface area is 239 Å². The lowest BCUT2D eigenvalue weighted by Crippen LogP contribution is -2.78. The van der Waals surface area contributed by atoms with E-state index in [1.54, 1.807) is 18.2 Å². The van der Waals surface area contributed by atoms with E-state index in [9.17, 15) is 15.0 Å². The Hall–Kier alpha value is -3.15. The molecule has 3 aliphatic carbocycles. The number of phenolic OH excluding ortho intramolecular Hbond substituents is 1. The number of phenols is 1. The summed E-state index contributed by atoms with van der Waals surface area (Å²) >= 11 is 3.42. The number of carbonyl (C=O) groups excluding carboxylic acids is 1. The quantitative estimate of drug-likeness (QED) is 0.327. The molecule has 0 radical (unpaired) electrons. The lowest BCUT2D eigenvalue weighted by molar-refractivity contribution is -0.191. The molecule has 7 rings (SSSR count). The van der Waals surface area contributed by atoms with Gasteiger partial charge in [0.15, 0.2) is 11.5 Å². The first-order valence-corrected chi connectivity index (χ1v) is 14.4. The summed E-state index contributed by atoms with van der Waals surface area (Å²) in [4.78, 5) is 33.9. The Bertz CT molecular complexity index is 1370. The summed E-state index contributed by atoms with van der Waals surface area (Å²) in [6, 6.07) is 10.9. The molecule has 2 saturated carbocycles. The third-order valence-electron chi connectivity index (χ3n) is 9.37. The van der Waals surface area contributed by atoms with E-state index in [0.717, 1.165) is 41.9 Å². The molecule has 5 unspecified atom stereocenters. The van der Waals surface area contributed by atoms with E-state index in [2.05, 4.69) is 26.1 Å². The highest BCUT2D eigenvalue weighted by molar-refractivity contribution is 9.10. The molecule has 11 heteroatoms. The van der Waals surface area contributed by atoms with Crippen LogP contribution in [0.15, 0.2) is 40.9 Å². The summed E-state index contributed by atoms with van der Waals surface area (Å²) < 4.78 is 7.45. The van der Waals surface area contributed by atoms with E-state index in [0.29, 0.717) is 24.2 Å². The van der Waals surface area contributed by atoms with Crippen molar-refractivity contribution >= 4 is 33.8 Å². The van der Waals surface area contributed by atoms with E-state index in [-0.39, 0.29) is 23.7 Å². The van der Waals surface area contributed by atoms with Crippen LogP contribution in [-0.4, -0.2) is 80.1 Å². The summed E-state index contributed by atoms with van der Waals surface area (Å²) in [5.41, 5.74) is 1.21. The standard InChI is InChI=1S/C27H29BrN2O4.C2H2O4/c28-18-6-3-16(4-7-18)25(32)29-19-9-10-27(33)21-13-17-5-8-20(31)23-22(17)26(27,24(19)34-23)11-12-30(21)14-15-1-2-15;3-1(4)2(5)6/h3-8,15,19,21,24,31,33H,1-2,9-14H2,(H,29,32);(H,3,4)(H,5,6). The van der Waals surface area contributed by atoms with Gasteiger partial charge >= 0.3 is 11.9 Å². The molecule has 40 heavy (non-hydrogen) atoms. The van der Waals surface area contributed by atoms with Gasteiger partial charge in [-0.1, -0.05) is 22.0 Å². The smallest absolute Gasteiger partial charge is 0.414 e. The van der Waals surface area contributed by atoms with Gasteiger partial charge in [-0.2, -0.15) is 0 Å². The Morgan fingerprint density at radius 1 is 1.02 bits per heavy atom. The molecule has 5 N–H and O–H groups in total. The maximum Gasteiger partial charge on any atom is 0.414 e. The Balaban J connectivity index is 0.000000438. The van der Waals surface area contributed by atoms with E-state index in [4.69, 9.17) is 24.5 Å². The van der Waals surface area contributed by atoms with Crippen molar-refractivity contribution in [3.63, 3.8) is 0 Å². The second-order valence-electron chi connectivity index (χ2n) is 11.5. The number of aliphatic hydroxyl groups is 1. The summed E-state index contributed by atoms with van der Waals surface area (Å²) in [7, 11) is 0. The molecule has 2 aromatic carbocycles. The molecule has 1 saturated heterocycles. The van der Waals surface area contributed by atoms with Crippen molar-refractivity contribution in [3.05, 3.63) is 57.6 Å². The second-order valence-corrected chi connectivity index (χ2v) is 12.4. The highest BCUT2D eigenvalue weighted by Crippen LogP contribution is 2.65. The van der Waals surface area contributed by atoms with Crippen molar-refractivity contribution in [2.24, 2.45) is 5.92 Å². The van der Waals surface area contributed by atoms with Gasteiger partial charge in [-0.25, -0.2) is 9.59 Å². The number of hydrogen-bond acceptors (Lipinski definition) is 7. The number of ether oxygens (including phenoxy) is 1. The topological polar surface area (TPSA) is 157 Å².